The van der Waals surface area contributed by atoms with Gasteiger partial charge in [0.05, 0.1) is 32.0 Å². The van der Waals surface area contributed by atoms with E-state index in [0.717, 1.165) is 17.0 Å². The molecule has 0 spiro atoms. The van der Waals surface area contributed by atoms with E-state index in [1.54, 1.807) is 7.11 Å². The van der Waals surface area contributed by atoms with Crippen LogP contribution < -0.4 is 5.73 Å². The summed E-state index contributed by atoms with van der Waals surface area (Å²) in [6, 6.07) is 7.70. The molecule has 3 unspecified atom stereocenters. The van der Waals surface area contributed by atoms with Crippen molar-refractivity contribution in [2.75, 3.05) is 20.3 Å². The van der Waals surface area contributed by atoms with Gasteiger partial charge in [-0.25, -0.2) is 0 Å². The maximum absolute atomic E-state index is 5.92. The third-order valence-corrected chi connectivity index (χ3v) is 3.52. The Morgan fingerprint density at radius 2 is 1.95 bits per heavy atom. The van der Waals surface area contributed by atoms with Crippen LogP contribution in [0.2, 0.25) is 5.02 Å². The van der Waals surface area contributed by atoms with Crippen LogP contribution in [0.5, 0.6) is 0 Å². The first kappa shape index (κ1) is 14.8. The van der Waals surface area contributed by atoms with E-state index in [1.807, 2.05) is 24.3 Å². The van der Waals surface area contributed by atoms with Gasteiger partial charge in [0.25, 0.3) is 0 Å². The summed E-state index contributed by atoms with van der Waals surface area (Å²) >= 11 is 5.84. The van der Waals surface area contributed by atoms with Gasteiger partial charge >= 0.3 is 0 Å². The molecule has 1 saturated carbocycles. The third kappa shape index (κ3) is 4.16. The predicted octanol–water partition coefficient (Wildman–Crippen LogP) is 1.99. The molecule has 5 heteroatoms. The molecule has 0 amide bonds. The molecule has 0 aliphatic heterocycles. The van der Waals surface area contributed by atoms with Crippen molar-refractivity contribution in [3.05, 3.63) is 34.9 Å². The lowest BCUT2D eigenvalue weighted by Crippen LogP contribution is -2.58. The molecule has 0 bridgehead atoms. The minimum atomic E-state index is -0.0255. The second-order valence-corrected chi connectivity index (χ2v) is 5.14. The van der Waals surface area contributed by atoms with Crippen LogP contribution >= 0.6 is 11.6 Å². The van der Waals surface area contributed by atoms with Crippen LogP contribution in [0, 0.1) is 0 Å². The van der Waals surface area contributed by atoms with Crippen molar-refractivity contribution in [1.29, 1.82) is 0 Å². The van der Waals surface area contributed by atoms with Gasteiger partial charge in [-0.2, -0.15) is 0 Å². The zero-order valence-electron chi connectivity index (χ0n) is 11.0. The normalized spacial score (nSPS) is 26.2. The van der Waals surface area contributed by atoms with Gasteiger partial charge in [-0.3, -0.25) is 0 Å². The Kier molecular flexibility index (Phi) is 5.60. The number of rotatable bonds is 7. The molecule has 106 valence electrons. The summed E-state index contributed by atoms with van der Waals surface area (Å²) in [5.74, 6) is 0. The van der Waals surface area contributed by atoms with Crippen LogP contribution in [0.25, 0.3) is 0 Å². The number of benzene rings is 1. The lowest BCUT2D eigenvalue weighted by atomic mass is 9.86. The highest BCUT2D eigenvalue weighted by molar-refractivity contribution is 6.30. The standard InChI is InChI=1S/C14H20ClNO3/c1-17-6-7-18-14-12(16)8-13(14)19-9-10-2-4-11(15)5-3-10/h2-5,12-14H,6-9,16H2,1H3. The molecule has 3 atom stereocenters. The monoisotopic (exact) mass is 285 g/mol. The first-order valence-corrected chi connectivity index (χ1v) is 6.80. The van der Waals surface area contributed by atoms with Gasteiger partial charge in [0.1, 0.15) is 0 Å². The third-order valence-electron chi connectivity index (χ3n) is 3.27. The van der Waals surface area contributed by atoms with Crippen molar-refractivity contribution >= 4 is 11.6 Å². The van der Waals surface area contributed by atoms with Crippen LogP contribution in [0.4, 0.5) is 0 Å². The number of ether oxygens (including phenoxy) is 3. The quantitative estimate of drug-likeness (QED) is 0.779. The Hall–Kier alpha value is -0.650. The van der Waals surface area contributed by atoms with E-state index in [1.165, 1.54) is 0 Å². The zero-order valence-corrected chi connectivity index (χ0v) is 11.8. The Bertz CT molecular complexity index is 385. The highest BCUT2D eigenvalue weighted by Gasteiger charge is 2.40. The SMILES string of the molecule is COCCOC1C(N)CC1OCc1ccc(Cl)cc1. The highest BCUT2D eigenvalue weighted by Crippen LogP contribution is 2.26. The van der Waals surface area contributed by atoms with E-state index in [4.69, 9.17) is 31.5 Å². The molecule has 1 aromatic carbocycles. The first-order valence-electron chi connectivity index (χ1n) is 6.43. The molecule has 1 aliphatic rings. The van der Waals surface area contributed by atoms with Crippen molar-refractivity contribution in [3.63, 3.8) is 0 Å². The Morgan fingerprint density at radius 3 is 2.58 bits per heavy atom. The summed E-state index contributed by atoms with van der Waals surface area (Å²) in [7, 11) is 1.65. The number of nitrogens with two attached hydrogens (primary N) is 1. The lowest BCUT2D eigenvalue weighted by Gasteiger charge is -2.41. The van der Waals surface area contributed by atoms with Crippen LogP contribution in [-0.2, 0) is 20.8 Å². The van der Waals surface area contributed by atoms with Gasteiger partial charge in [0, 0.05) is 18.2 Å². The average Bonchev–Trinajstić information content (AvgIpc) is 2.41. The second-order valence-electron chi connectivity index (χ2n) is 4.70. The van der Waals surface area contributed by atoms with E-state index >= 15 is 0 Å². The molecule has 0 radical (unpaired) electrons. The molecule has 2 N–H and O–H groups in total. The molecular weight excluding hydrogens is 266 g/mol. The van der Waals surface area contributed by atoms with E-state index in [9.17, 15) is 0 Å². The molecule has 0 saturated heterocycles. The summed E-state index contributed by atoms with van der Waals surface area (Å²) in [6.07, 6.45) is 0.885. The van der Waals surface area contributed by atoms with Gasteiger partial charge in [-0.1, -0.05) is 23.7 Å². The summed E-state index contributed by atoms with van der Waals surface area (Å²) in [5.41, 5.74) is 7.02. The summed E-state index contributed by atoms with van der Waals surface area (Å²) in [4.78, 5) is 0. The van der Waals surface area contributed by atoms with E-state index < -0.39 is 0 Å². The fourth-order valence-corrected chi connectivity index (χ4v) is 2.19. The molecule has 1 aliphatic carbocycles. The van der Waals surface area contributed by atoms with Crippen LogP contribution in [0.3, 0.4) is 0 Å². The number of methoxy groups -OCH3 is 1. The van der Waals surface area contributed by atoms with Crippen molar-refractivity contribution in [1.82, 2.24) is 0 Å². The largest absolute Gasteiger partial charge is 0.382 e. The van der Waals surface area contributed by atoms with Crippen LogP contribution in [0.1, 0.15) is 12.0 Å². The summed E-state index contributed by atoms with van der Waals surface area (Å²) < 4.78 is 16.4. The van der Waals surface area contributed by atoms with Gasteiger partial charge in [0.15, 0.2) is 0 Å². The Labute approximate surface area is 118 Å². The molecule has 2 rings (SSSR count). The Balaban J connectivity index is 1.74. The van der Waals surface area contributed by atoms with Crippen molar-refractivity contribution in [3.8, 4) is 0 Å². The minimum Gasteiger partial charge on any atom is -0.382 e. The minimum absolute atomic E-state index is 0.0255. The Morgan fingerprint density at radius 1 is 1.21 bits per heavy atom. The topological polar surface area (TPSA) is 53.7 Å². The molecule has 4 nitrogen and oxygen atoms in total. The van der Waals surface area contributed by atoms with Gasteiger partial charge < -0.3 is 19.9 Å². The smallest absolute Gasteiger partial charge is 0.0989 e. The predicted molar refractivity (Wildman–Crippen MR) is 74.2 cm³/mol. The summed E-state index contributed by atoms with van der Waals surface area (Å²) in [6.45, 7) is 1.68. The maximum atomic E-state index is 5.92. The van der Waals surface area contributed by atoms with E-state index in [-0.39, 0.29) is 18.2 Å². The molecule has 0 aromatic heterocycles. The van der Waals surface area contributed by atoms with Gasteiger partial charge in [0.2, 0.25) is 0 Å². The maximum Gasteiger partial charge on any atom is 0.0989 e. The van der Waals surface area contributed by atoms with Crippen molar-refractivity contribution < 1.29 is 14.2 Å². The zero-order chi connectivity index (χ0) is 13.7. The number of halogens is 1. The van der Waals surface area contributed by atoms with Gasteiger partial charge in [-0.15, -0.1) is 0 Å². The van der Waals surface area contributed by atoms with Crippen LogP contribution in [-0.4, -0.2) is 38.6 Å². The second kappa shape index (κ2) is 7.22. The van der Waals surface area contributed by atoms with E-state index in [2.05, 4.69) is 0 Å². The molecule has 19 heavy (non-hydrogen) atoms. The highest BCUT2D eigenvalue weighted by atomic mass is 35.5. The van der Waals surface area contributed by atoms with Crippen molar-refractivity contribution in [2.24, 2.45) is 5.73 Å². The number of hydrogen-bond acceptors (Lipinski definition) is 4. The molecule has 1 fully saturated rings. The molecular formula is C14H20ClNO3. The average molecular weight is 286 g/mol. The first-order chi connectivity index (χ1) is 9.20. The molecule has 0 heterocycles. The lowest BCUT2D eigenvalue weighted by molar-refractivity contribution is -0.149. The summed E-state index contributed by atoms with van der Waals surface area (Å²) in [5, 5.41) is 0.732. The fourth-order valence-electron chi connectivity index (χ4n) is 2.06. The fraction of sp³-hybridized carbons (Fsp3) is 0.571. The van der Waals surface area contributed by atoms with Crippen molar-refractivity contribution in [2.45, 2.75) is 31.3 Å². The van der Waals surface area contributed by atoms with E-state index in [0.29, 0.717) is 19.8 Å². The molecule has 1 aromatic rings. The number of hydrogen-bond donors (Lipinski definition) is 1. The van der Waals surface area contributed by atoms with Crippen LogP contribution in [0.15, 0.2) is 24.3 Å². The van der Waals surface area contributed by atoms with Gasteiger partial charge in [-0.05, 0) is 24.1 Å².